The Morgan fingerprint density at radius 1 is 1.11 bits per heavy atom. The first-order valence-corrected chi connectivity index (χ1v) is 7.05. The van der Waals surface area contributed by atoms with Gasteiger partial charge in [0, 0.05) is 16.1 Å². The van der Waals surface area contributed by atoms with Crippen molar-refractivity contribution in [2.75, 3.05) is 7.11 Å². The highest BCUT2D eigenvalue weighted by Crippen LogP contribution is 2.34. The molecule has 2 aromatic carbocycles. The van der Waals surface area contributed by atoms with Crippen molar-refractivity contribution in [3.05, 3.63) is 63.9 Å². The molecule has 94 valence electrons. The molecule has 2 aromatic rings. The van der Waals surface area contributed by atoms with Gasteiger partial charge >= 0.3 is 0 Å². The van der Waals surface area contributed by atoms with Crippen LogP contribution < -0.4 is 4.74 Å². The Labute approximate surface area is 122 Å². The van der Waals surface area contributed by atoms with E-state index >= 15 is 0 Å². The van der Waals surface area contributed by atoms with E-state index in [1.807, 2.05) is 24.3 Å². The molecule has 0 aliphatic rings. The Morgan fingerprint density at radius 3 is 2.33 bits per heavy atom. The van der Waals surface area contributed by atoms with Crippen LogP contribution in [0.4, 0.5) is 4.39 Å². The minimum Gasteiger partial charge on any atom is -0.497 e. The summed E-state index contributed by atoms with van der Waals surface area (Å²) in [5.41, 5.74) is 1.60. The zero-order valence-corrected chi connectivity index (χ0v) is 12.8. The summed E-state index contributed by atoms with van der Waals surface area (Å²) >= 11 is 6.90. The summed E-state index contributed by atoms with van der Waals surface area (Å²) in [6.07, 6.45) is 0. The van der Waals surface area contributed by atoms with Gasteiger partial charge in [0.25, 0.3) is 0 Å². The lowest BCUT2D eigenvalue weighted by molar-refractivity contribution is 0.411. The first kappa shape index (κ1) is 13.6. The molecular formula is C14H11Br2FO. The van der Waals surface area contributed by atoms with Crippen LogP contribution in [-0.2, 0) is 0 Å². The molecule has 4 heteroatoms. The Balaban J connectivity index is 2.33. The van der Waals surface area contributed by atoms with Gasteiger partial charge in [-0.25, -0.2) is 4.39 Å². The van der Waals surface area contributed by atoms with Crippen LogP contribution in [0.1, 0.15) is 16.0 Å². The van der Waals surface area contributed by atoms with Crippen LogP contribution in [0.15, 0.2) is 46.9 Å². The van der Waals surface area contributed by atoms with Gasteiger partial charge in [-0.05, 0) is 23.8 Å². The Bertz CT molecular complexity index is 540. The van der Waals surface area contributed by atoms with Gasteiger partial charge in [-0.3, -0.25) is 0 Å². The Morgan fingerprint density at radius 2 is 1.78 bits per heavy atom. The van der Waals surface area contributed by atoms with E-state index in [0.717, 1.165) is 10.0 Å². The molecule has 0 fully saturated rings. The summed E-state index contributed by atoms with van der Waals surface area (Å²) in [6, 6.07) is 12.7. The van der Waals surface area contributed by atoms with Gasteiger partial charge in [-0.2, -0.15) is 0 Å². The molecular weight excluding hydrogens is 363 g/mol. The van der Waals surface area contributed by atoms with Crippen molar-refractivity contribution in [2.24, 2.45) is 0 Å². The molecule has 1 nitrogen and oxygen atoms in total. The first-order valence-electron chi connectivity index (χ1n) is 5.35. The van der Waals surface area contributed by atoms with Crippen LogP contribution in [0, 0.1) is 5.82 Å². The summed E-state index contributed by atoms with van der Waals surface area (Å²) in [5, 5.41) is 0. The molecule has 0 radical (unpaired) electrons. The van der Waals surface area contributed by atoms with E-state index in [0.29, 0.717) is 11.3 Å². The Kier molecular flexibility index (Phi) is 4.40. The van der Waals surface area contributed by atoms with Crippen molar-refractivity contribution in [1.82, 2.24) is 0 Å². The van der Waals surface area contributed by atoms with Crippen molar-refractivity contribution in [2.45, 2.75) is 4.83 Å². The van der Waals surface area contributed by atoms with E-state index in [-0.39, 0.29) is 10.6 Å². The van der Waals surface area contributed by atoms with Crippen molar-refractivity contribution in [1.29, 1.82) is 0 Å². The lowest BCUT2D eigenvalue weighted by Gasteiger charge is -2.12. The third kappa shape index (κ3) is 2.93. The predicted octanol–water partition coefficient (Wildman–Crippen LogP) is 5.08. The molecule has 0 saturated heterocycles. The zero-order chi connectivity index (χ0) is 13.1. The smallest absolute Gasteiger partial charge is 0.131 e. The normalized spacial score (nSPS) is 12.2. The second-order valence-electron chi connectivity index (χ2n) is 3.80. The van der Waals surface area contributed by atoms with Crippen LogP contribution >= 0.6 is 31.9 Å². The molecule has 0 heterocycles. The molecule has 0 aliphatic carbocycles. The maximum absolute atomic E-state index is 13.9. The highest BCUT2D eigenvalue weighted by Gasteiger charge is 2.15. The van der Waals surface area contributed by atoms with Gasteiger partial charge in [-0.15, -0.1) is 0 Å². The maximum atomic E-state index is 13.9. The SMILES string of the molecule is COc1ccc(C(Br)c2ccc(Br)cc2)c(F)c1. The average molecular weight is 374 g/mol. The van der Waals surface area contributed by atoms with E-state index in [1.54, 1.807) is 12.1 Å². The second-order valence-corrected chi connectivity index (χ2v) is 5.63. The molecule has 0 amide bonds. The number of benzene rings is 2. The lowest BCUT2D eigenvalue weighted by atomic mass is 10.0. The summed E-state index contributed by atoms with van der Waals surface area (Å²) in [7, 11) is 1.52. The van der Waals surface area contributed by atoms with Gasteiger partial charge in [-0.1, -0.05) is 50.1 Å². The van der Waals surface area contributed by atoms with Crippen LogP contribution in [0.2, 0.25) is 0 Å². The summed E-state index contributed by atoms with van der Waals surface area (Å²) < 4.78 is 19.9. The van der Waals surface area contributed by atoms with E-state index < -0.39 is 0 Å². The largest absolute Gasteiger partial charge is 0.497 e. The van der Waals surface area contributed by atoms with E-state index in [1.165, 1.54) is 13.2 Å². The molecule has 1 atom stereocenters. The number of halogens is 3. The predicted molar refractivity (Wildman–Crippen MR) is 77.9 cm³/mol. The van der Waals surface area contributed by atoms with Gasteiger partial charge < -0.3 is 4.74 Å². The molecule has 1 unspecified atom stereocenters. The molecule has 0 saturated carbocycles. The minimum absolute atomic E-state index is 0.170. The maximum Gasteiger partial charge on any atom is 0.131 e. The van der Waals surface area contributed by atoms with Crippen molar-refractivity contribution in [3.8, 4) is 5.75 Å². The Hall–Kier alpha value is -0.870. The van der Waals surface area contributed by atoms with Crippen molar-refractivity contribution >= 4 is 31.9 Å². The third-order valence-electron chi connectivity index (χ3n) is 2.64. The van der Waals surface area contributed by atoms with E-state index in [9.17, 15) is 4.39 Å². The molecule has 0 bridgehead atoms. The fourth-order valence-corrected chi connectivity index (χ4v) is 2.59. The molecule has 0 aromatic heterocycles. The molecule has 0 aliphatic heterocycles. The first-order chi connectivity index (χ1) is 8.61. The van der Waals surface area contributed by atoms with E-state index in [4.69, 9.17) is 4.74 Å². The minimum atomic E-state index is -0.279. The molecule has 2 rings (SSSR count). The van der Waals surface area contributed by atoms with Crippen molar-refractivity contribution in [3.63, 3.8) is 0 Å². The highest BCUT2D eigenvalue weighted by atomic mass is 79.9. The average Bonchev–Trinajstić information content (AvgIpc) is 2.38. The van der Waals surface area contributed by atoms with Crippen LogP contribution in [0.3, 0.4) is 0 Å². The zero-order valence-electron chi connectivity index (χ0n) is 9.66. The number of alkyl halides is 1. The second kappa shape index (κ2) is 5.85. The van der Waals surface area contributed by atoms with E-state index in [2.05, 4.69) is 31.9 Å². The summed E-state index contributed by atoms with van der Waals surface area (Å²) in [4.78, 5) is -0.170. The molecule has 18 heavy (non-hydrogen) atoms. The standard InChI is InChI=1S/C14H11Br2FO/c1-18-11-6-7-12(13(17)8-11)14(16)9-2-4-10(15)5-3-9/h2-8,14H,1H3. The topological polar surface area (TPSA) is 9.23 Å². The fraction of sp³-hybridized carbons (Fsp3) is 0.143. The number of hydrogen-bond donors (Lipinski definition) is 0. The van der Waals surface area contributed by atoms with Crippen LogP contribution in [-0.4, -0.2) is 7.11 Å². The van der Waals surface area contributed by atoms with Crippen molar-refractivity contribution < 1.29 is 9.13 Å². The van der Waals surface area contributed by atoms with Crippen LogP contribution in [0.25, 0.3) is 0 Å². The third-order valence-corrected chi connectivity index (χ3v) is 4.19. The van der Waals surface area contributed by atoms with Gasteiger partial charge in [0.2, 0.25) is 0 Å². The fourth-order valence-electron chi connectivity index (χ4n) is 1.65. The summed E-state index contributed by atoms with van der Waals surface area (Å²) in [6.45, 7) is 0. The lowest BCUT2D eigenvalue weighted by Crippen LogP contribution is -1.97. The van der Waals surface area contributed by atoms with Gasteiger partial charge in [0.15, 0.2) is 0 Å². The quantitative estimate of drug-likeness (QED) is 0.681. The summed E-state index contributed by atoms with van der Waals surface area (Å²) in [5.74, 6) is 0.242. The number of methoxy groups -OCH3 is 1. The highest BCUT2D eigenvalue weighted by molar-refractivity contribution is 9.10. The number of hydrogen-bond acceptors (Lipinski definition) is 1. The van der Waals surface area contributed by atoms with Gasteiger partial charge in [0.05, 0.1) is 11.9 Å². The molecule has 0 N–H and O–H groups in total. The number of rotatable bonds is 3. The van der Waals surface area contributed by atoms with Crippen LogP contribution in [0.5, 0.6) is 5.75 Å². The number of ether oxygens (including phenoxy) is 1. The monoisotopic (exact) mass is 372 g/mol. The van der Waals surface area contributed by atoms with Gasteiger partial charge in [0.1, 0.15) is 11.6 Å². The molecule has 0 spiro atoms.